The monoisotopic (exact) mass is 252 g/mol. The number of hydrogen-bond donors (Lipinski definition) is 2. The van der Waals surface area contributed by atoms with Gasteiger partial charge in [0.15, 0.2) is 11.6 Å². The summed E-state index contributed by atoms with van der Waals surface area (Å²) in [5.74, 6) is -1.98. The number of fused-ring (bicyclic) bond motifs is 1. The molecule has 0 atom stereocenters. The maximum Gasteiger partial charge on any atom is 0.248 e. The molecule has 0 bridgehead atoms. The highest BCUT2D eigenvalue weighted by atomic mass is 19.2. The van der Waals surface area contributed by atoms with E-state index in [4.69, 9.17) is 0 Å². The largest absolute Gasteiger partial charge is 0.319 e. The first-order chi connectivity index (χ1) is 8.49. The summed E-state index contributed by atoms with van der Waals surface area (Å²) in [6.07, 6.45) is 0. The second-order valence-electron chi connectivity index (χ2n) is 4.48. The van der Waals surface area contributed by atoms with Crippen molar-refractivity contribution in [3.63, 3.8) is 0 Å². The third kappa shape index (κ3) is 2.41. The maximum atomic E-state index is 13.6. The van der Waals surface area contributed by atoms with Gasteiger partial charge in [-0.25, -0.2) is 8.78 Å². The van der Waals surface area contributed by atoms with Crippen LogP contribution in [0.5, 0.6) is 0 Å². The maximum absolute atomic E-state index is 13.6. The lowest BCUT2D eigenvalue weighted by Crippen LogP contribution is -2.23. The van der Waals surface area contributed by atoms with Crippen LogP contribution < -0.4 is 10.9 Å². The molecular formula is C13H14F2N2O. The molecule has 0 aliphatic heterocycles. The highest BCUT2D eigenvalue weighted by molar-refractivity contribution is 5.82. The fraction of sp³-hybridized carbons (Fsp3) is 0.308. The number of halogens is 2. The predicted molar refractivity (Wildman–Crippen MR) is 66.5 cm³/mol. The van der Waals surface area contributed by atoms with Gasteiger partial charge in [-0.1, -0.05) is 13.8 Å². The van der Waals surface area contributed by atoms with E-state index >= 15 is 0 Å². The molecule has 5 heteroatoms. The van der Waals surface area contributed by atoms with Crippen molar-refractivity contribution in [2.45, 2.75) is 26.4 Å². The van der Waals surface area contributed by atoms with E-state index in [0.29, 0.717) is 17.5 Å². The van der Waals surface area contributed by atoms with Crippen LogP contribution in [0.4, 0.5) is 8.78 Å². The molecule has 1 aromatic carbocycles. The Morgan fingerprint density at radius 2 is 2.06 bits per heavy atom. The zero-order chi connectivity index (χ0) is 13.3. The molecule has 0 saturated carbocycles. The van der Waals surface area contributed by atoms with Crippen LogP contribution in [0.15, 0.2) is 23.0 Å². The molecule has 96 valence electrons. The van der Waals surface area contributed by atoms with E-state index in [1.165, 1.54) is 12.1 Å². The number of rotatable bonds is 3. The summed E-state index contributed by atoms with van der Waals surface area (Å²) in [4.78, 5) is 13.8. The van der Waals surface area contributed by atoms with Crippen LogP contribution in [0.1, 0.15) is 19.4 Å². The molecule has 1 aromatic heterocycles. The molecule has 0 unspecified atom stereocenters. The van der Waals surface area contributed by atoms with E-state index in [9.17, 15) is 13.6 Å². The van der Waals surface area contributed by atoms with Crippen LogP contribution >= 0.6 is 0 Å². The van der Waals surface area contributed by atoms with Crippen molar-refractivity contribution >= 4 is 10.9 Å². The summed E-state index contributed by atoms with van der Waals surface area (Å²) in [5.41, 5.74) is 0.136. The molecule has 2 aromatic rings. The summed E-state index contributed by atoms with van der Waals surface area (Å²) in [6, 6.07) is 4.18. The minimum atomic E-state index is -1.02. The van der Waals surface area contributed by atoms with Gasteiger partial charge >= 0.3 is 0 Å². The molecule has 0 aliphatic rings. The summed E-state index contributed by atoms with van der Waals surface area (Å²) >= 11 is 0. The quantitative estimate of drug-likeness (QED) is 0.880. The van der Waals surface area contributed by atoms with Gasteiger partial charge in [0.2, 0.25) is 5.56 Å². The van der Waals surface area contributed by atoms with E-state index in [0.717, 1.165) is 6.07 Å². The second kappa shape index (κ2) is 4.86. The van der Waals surface area contributed by atoms with E-state index in [-0.39, 0.29) is 11.6 Å². The van der Waals surface area contributed by atoms with Gasteiger partial charge in [0.05, 0.1) is 5.52 Å². The molecular weight excluding hydrogens is 238 g/mol. The number of pyridine rings is 1. The lowest BCUT2D eigenvalue weighted by Gasteiger charge is -2.10. The summed E-state index contributed by atoms with van der Waals surface area (Å²) < 4.78 is 26.7. The van der Waals surface area contributed by atoms with Gasteiger partial charge in [0.1, 0.15) is 0 Å². The lowest BCUT2D eigenvalue weighted by atomic mass is 10.1. The molecule has 0 radical (unpaired) electrons. The van der Waals surface area contributed by atoms with Crippen molar-refractivity contribution in [3.05, 3.63) is 45.8 Å². The zero-order valence-electron chi connectivity index (χ0n) is 10.2. The number of nitrogens with one attached hydrogen (secondary N) is 2. The van der Waals surface area contributed by atoms with Crippen LogP contribution in [-0.2, 0) is 6.54 Å². The Labute approximate surface area is 103 Å². The number of H-pyrrole nitrogens is 1. The Morgan fingerprint density at radius 1 is 1.33 bits per heavy atom. The Hall–Kier alpha value is -1.75. The second-order valence-corrected chi connectivity index (χ2v) is 4.48. The van der Waals surface area contributed by atoms with Crippen molar-refractivity contribution in [1.29, 1.82) is 0 Å². The van der Waals surface area contributed by atoms with Gasteiger partial charge in [0, 0.05) is 24.0 Å². The predicted octanol–water partition coefficient (Wildman–Crippen LogP) is 2.30. The topological polar surface area (TPSA) is 44.9 Å². The van der Waals surface area contributed by atoms with Crippen LogP contribution in [0.3, 0.4) is 0 Å². The molecule has 2 rings (SSSR count). The number of aromatic nitrogens is 1. The molecule has 0 saturated heterocycles. The van der Waals surface area contributed by atoms with Gasteiger partial charge in [-0.05, 0) is 17.7 Å². The zero-order valence-corrected chi connectivity index (χ0v) is 10.2. The average molecular weight is 252 g/mol. The van der Waals surface area contributed by atoms with E-state index < -0.39 is 17.2 Å². The van der Waals surface area contributed by atoms with Gasteiger partial charge in [-0.3, -0.25) is 4.79 Å². The number of aromatic amines is 1. The summed E-state index contributed by atoms with van der Waals surface area (Å²) in [6.45, 7) is 4.37. The van der Waals surface area contributed by atoms with Gasteiger partial charge in [0.25, 0.3) is 0 Å². The molecule has 1 heterocycles. The SMILES string of the molecule is CC(C)NCc1cc(=O)[nH]c2c(F)c(F)ccc12. The Balaban J connectivity index is 2.59. The highest BCUT2D eigenvalue weighted by Crippen LogP contribution is 2.20. The van der Waals surface area contributed by atoms with Gasteiger partial charge < -0.3 is 10.3 Å². The van der Waals surface area contributed by atoms with Gasteiger partial charge in [-0.15, -0.1) is 0 Å². The molecule has 0 fully saturated rings. The van der Waals surface area contributed by atoms with Crippen LogP contribution in [0.25, 0.3) is 10.9 Å². The number of hydrogen-bond acceptors (Lipinski definition) is 2. The van der Waals surface area contributed by atoms with Crippen LogP contribution in [0, 0.1) is 11.6 Å². The Kier molecular flexibility index (Phi) is 3.43. The van der Waals surface area contributed by atoms with Crippen molar-refractivity contribution in [3.8, 4) is 0 Å². The first-order valence-corrected chi connectivity index (χ1v) is 5.72. The van der Waals surface area contributed by atoms with E-state index in [1.807, 2.05) is 13.8 Å². The molecule has 0 amide bonds. The first-order valence-electron chi connectivity index (χ1n) is 5.72. The first kappa shape index (κ1) is 12.7. The Bertz CT molecular complexity index is 635. The molecule has 18 heavy (non-hydrogen) atoms. The standard InChI is InChI=1S/C13H14F2N2O/c1-7(2)16-6-8-5-11(18)17-13-9(8)3-4-10(14)12(13)15/h3-5,7,16H,6H2,1-2H3,(H,17,18). The molecule has 0 spiro atoms. The fourth-order valence-electron chi connectivity index (χ4n) is 1.80. The van der Waals surface area contributed by atoms with Gasteiger partial charge in [-0.2, -0.15) is 0 Å². The van der Waals surface area contributed by atoms with Crippen molar-refractivity contribution < 1.29 is 8.78 Å². The molecule has 2 N–H and O–H groups in total. The normalized spacial score (nSPS) is 11.4. The smallest absolute Gasteiger partial charge is 0.248 e. The molecule has 3 nitrogen and oxygen atoms in total. The van der Waals surface area contributed by atoms with Crippen molar-refractivity contribution in [2.75, 3.05) is 0 Å². The minimum absolute atomic E-state index is 0.0805. The number of benzene rings is 1. The van der Waals surface area contributed by atoms with E-state index in [1.54, 1.807) is 0 Å². The van der Waals surface area contributed by atoms with Crippen molar-refractivity contribution in [2.24, 2.45) is 0 Å². The van der Waals surface area contributed by atoms with Crippen molar-refractivity contribution in [1.82, 2.24) is 10.3 Å². The van der Waals surface area contributed by atoms with Crippen LogP contribution in [-0.4, -0.2) is 11.0 Å². The summed E-state index contributed by atoms with van der Waals surface area (Å²) in [5, 5.41) is 3.66. The Morgan fingerprint density at radius 3 is 2.72 bits per heavy atom. The molecule has 0 aliphatic carbocycles. The average Bonchev–Trinajstić information content (AvgIpc) is 2.31. The third-order valence-corrected chi connectivity index (χ3v) is 2.70. The highest BCUT2D eigenvalue weighted by Gasteiger charge is 2.11. The van der Waals surface area contributed by atoms with E-state index in [2.05, 4.69) is 10.3 Å². The summed E-state index contributed by atoms with van der Waals surface area (Å²) in [7, 11) is 0. The third-order valence-electron chi connectivity index (χ3n) is 2.70. The van der Waals surface area contributed by atoms with Crippen LogP contribution in [0.2, 0.25) is 0 Å². The fourth-order valence-corrected chi connectivity index (χ4v) is 1.80. The lowest BCUT2D eigenvalue weighted by molar-refractivity contribution is 0.515. The minimum Gasteiger partial charge on any atom is -0.319 e.